The Morgan fingerprint density at radius 1 is 1.33 bits per heavy atom. The molecule has 2 rings (SSSR count). The van der Waals surface area contributed by atoms with Gasteiger partial charge in [-0.3, -0.25) is 0 Å². The van der Waals surface area contributed by atoms with Gasteiger partial charge in [0, 0.05) is 11.0 Å². The van der Waals surface area contributed by atoms with Gasteiger partial charge in [-0.1, -0.05) is 25.8 Å². The van der Waals surface area contributed by atoms with Crippen LogP contribution in [0.4, 0.5) is 0 Å². The van der Waals surface area contributed by atoms with E-state index in [1.54, 1.807) is 6.07 Å². The molecule has 1 fully saturated rings. The van der Waals surface area contributed by atoms with E-state index in [1.165, 1.54) is 18.9 Å². The van der Waals surface area contributed by atoms with Crippen LogP contribution in [0.1, 0.15) is 43.7 Å². The first-order valence-corrected chi connectivity index (χ1v) is 9.45. The summed E-state index contributed by atoms with van der Waals surface area (Å²) in [5, 5.41) is 9.26. The molecule has 1 aliphatic carbocycles. The van der Waals surface area contributed by atoms with Crippen molar-refractivity contribution in [3.63, 3.8) is 0 Å². The van der Waals surface area contributed by atoms with Crippen LogP contribution in [0.3, 0.4) is 0 Å². The molecule has 21 heavy (non-hydrogen) atoms. The van der Waals surface area contributed by atoms with Gasteiger partial charge in [0.25, 0.3) is 0 Å². The third-order valence-corrected chi connectivity index (χ3v) is 6.99. The second kappa shape index (κ2) is 6.36. The molecule has 1 aromatic rings. The van der Waals surface area contributed by atoms with E-state index < -0.39 is 10.0 Å². The monoisotopic (exact) mass is 375 g/mol. The fourth-order valence-electron chi connectivity index (χ4n) is 2.85. The molecule has 0 unspecified atom stereocenters. The quantitative estimate of drug-likeness (QED) is 0.830. The minimum atomic E-state index is -3.58. The van der Waals surface area contributed by atoms with Crippen molar-refractivity contribution in [3.8, 4) is 0 Å². The number of nitrogens with one attached hydrogen (secondary N) is 1. The zero-order valence-electron chi connectivity index (χ0n) is 12.4. The molecule has 0 atom stereocenters. The van der Waals surface area contributed by atoms with E-state index in [9.17, 15) is 13.5 Å². The van der Waals surface area contributed by atoms with Crippen LogP contribution >= 0.6 is 15.9 Å². The second-order valence-electron chi connectivity index (χ2n) is 6.23. The minimum absolute atomic E-state index is 0.0587. The van der Waals surface area contributed by atoms with E-state index >= 15 is 0 Å². The molecule has 2 N–H and O–H groups in total. The van der Waals surface area contributed by atoms with Gasteiger partial charge in [0.2, 0.25) is 10.0 Å². The van der Waals surface area contributed by atoms with Crippen molar-refractivity contribution in [1.82, 2.24) is 4.72 Å². The van der Waals surface area contributed by atoms with E-state index in [2.05, 4.69) is 27.6 Å². The van der Waals surface area contributed by atoms with Gasteiger partial charge in [0.15, 0.2) is 0 Å². The molecule has 1 aromatic carbocycles. The molecule has 0 aliphatic heterocycles. The lowest BCUT2D eigenvalue weighted by atomic mass is 9.89. The summed E-state index contributed by atoms with van der Waals surface area (Å²) in [6.07, 6.45) is 4.46. The zero-order chi connectivity index (χ0) is 15.7. The maximum absolute atomic E-state index is 12.5. The molecule has 0 radical (unpaired) electrons. The molecule has 1 saturated carbocycles. The van der Waals surface area contributed by atoms with Crippen molar-refractivity contribution in [2.45, 2.75) is 51.0 Å². The van der Waals surface area contributed by atoms with Crippen LogP contribution in [-0.2, 0) is 16.6 Å². The van der Waals surface area contributed by atoms with Gasteiger partial charge in [-0.25, -0.2) is 13.1 Å². The topological polar surface area (TPSA) is 66.4 Å². The van der Waals surface area contributed by atoms with Gasteiger partial charge >= 0.3 is 0 Å². The normalized spacial score (nSPS) is 18.1. The van der Waals surface area contributed by atoms with Crippen molar-refractivity contribution in [2.24, 2.45) is 5.41 Å². The molecule has 1 aliphatic rings. The fourth-order valence-corrected chi connectivity index (χ4v) is 5.11. The van der Waals surface area contributed by atoms with Crippen LogP contribution in [0, 0.1) is 12.3 Å². The summed E-state index contributed by atoms with van der Waals surface area (Å²) in [7, 11) is -3.58. The van der Waals surface area contributed by atoms with Crippen LogP contribution < -0.4 is 4.72 Å². The third kappa shape index (κ3) is 3.86. The largest absolute Gasteiger partial charge is 0.392 e. The maximum Gasteiger partial charge on any atom is 0.241 e. The second-order valence-corrected chi connectivity index (χ2v) is 8.75. The number of benzene rings is 1. The lowest BCUT2D eigenvalue weighted by Crippen LogP contribution is -2.34. The van der Waals surface area contributed by atoms with E-state index in [0.717, 1.165) is 18.4 Å². The fraction of sp³-hybridized carbons (Fsp3) is 0.600. The van der Waals surface area contributed by atoms with Gasteiger partial charge in [0.1, 0.15) is 0 Å². The predicted octanol–water partition coefficient (Wildman–Crippen LogP) is 3.11. The van der Waals surface area contributed by atoms with E-state index in [0.29, 0.717) is 16.6 Å². The van der Waals surface area contributed by atoms with Crippen molar-refractivity contribution < 1.29 is 13.5 Å². The first kappa shape index (κ1) is 16.9. The highest BCUT2D eigenvalue weighted by atomic mass is 79.9. The third-order valence-electron chi connectivity index (χ3n) is 4.25. The number of hydrogen-bond acceptors (Lipinski definition) is 3. The highest BCUT2D eigenvalue weighted by molar-refractivity contribution is 9.10. The van der Waals surface area contributed by atoms with Crippen LogP contribution in [0.5, 0.6) is 0 Å². The number of halogens is 1. The van der Waals surface area contributed by atoms with Gasteiger partial charge in [0.05, 0.1) is 11.5 Å². The smallest absolute Gasteiger partial charge is 0.241 e. The lowest BCUT2D eigenvalue weighted by Gasteiger charge is -2.24. The summed E-state index contributed by atoms with van der Waals surface area (Å²) in [5.41, 5.74) is 1.46. The van der Waals surface area contributed by atoms with E-state index in [-0.39, 0.29) is 16.9 Å². The number of rotatable bonds is 5. The van der Waals surface area contributed by atoms with Crippen molar-refractivity contribution in [2.75, 3.05) is 6.54 Å². The standard InChI is InChI=1S/C15H22BrNO3S/c1-11-7-12(9-18)8-13(14(11)16)21(19,20)17-10-15(2)5-3-4-6-15/h7-8,17-18H,3-6,9-10H2,1-2H3. The first-order chi connectivity index (χ1) is 9.77. The van der Waals surface area contributed by atoms with E-state index in [4.69, 9.17) is 0 Å². The van der Waals surface area contributed by atoms with Crippen molar-refractivity contribution in [1.29, 1.82) is 0 Å². The lowest BCUT2D eigenvalue weighted by molar-refractivity contribution is 0.281. The Bertz CT molecular complexity index is 622. The van der Waals surface area contributed by atoms with Crippen LogP contribution in [-0.4, -0.2) is 20.1 Å². The molecule has 0 bridgehead atoms. The molecular formula is C15H22BrNO3S. The maximum atomic E-state index is 12.5. The molecule has 118 valence electrons. The predicted molar refractivity (Wildman–Crippen MR) is 86.6 cm³/mol. The number of aryl methyl sites for hydroxylation is 1. The molecule has 0 aromatic heterocycles. The Hall–Kier alpha value is -0.430. The molecule has 4 nitrogen and oxygen atoms in total. The zero-order valence-corrected chi connectivity index (χ0v) is 14.8. The summed E-state index contributed by atoms with van der Waals surface area (Å²) in [5.74, 6) is 0. The number of hydrogen-bond donors (Lipinski definition) is 2. The highest BCUT2D eigenvalue weighted by Gasteiger charge is 2.31. The van der Waals surface area contributed by atoms with Gasteiger partial charge in [-0.2, -0.15) is 0 Å². The average molecular weight is 376 g/mol. The highest BCUT2D eigenvalue weighted by Crippen LogP contribution is 2.37. The number of aliphatic hydroxyl groups is 1. The Kier molecular flexibility index (Phi) is 5.13. The SMILES string of the molecule is Cc1cc(CO)cc(S(=O)(=O)NCC2(C)CCCC2)c1Br. The summed E-state index contributed by atoms with van der Waals surface area (Å²) in [6, 6.07) is 3.30. The molecular weight excluding hydrogens is 354 g/mol. The Morgan fingerprint density at radius 2 is 1.95 bits per heavy atom. The van der Waals surface area contributed by atoms with Gasteiger partial charge < -0.3 is 5.11 Å². The molecule has 6 heteroatoms. The molecule has 0 saturated heterocycles. The molecule has 0 spiro atoms. The Labute approximate surface area is 135 Å². The number of sulfonamides is 1. The average Bonchev–Trinajstić information content (AvgIpc) is 2.87. The molecule has 0 heterocycles. The van der Waals surface area contributed by atoms with Crippen LogP contribution in [0.2, 0.25) is 0 Å². The molecule has 0 amide bonds. The van der Waals surface area contributed by atoms with Crippen molar-refractivity contribution >= 4 is 26.0 Å². The summed E-state index contributed by atoms with van der Waals surface area (Å²) in [4.78, 5) is 0.202. The Balaban J connectivity index is 2.25. The van der Waals surface area contributed by atoms with Gasteiger partial charge in [-0.05, 0) is 58.3 Å². The van der Waals surface area contributed by atoms with Crippen LogP contribution in [0.15, 0.2) is 21.5 Å². The minimum Gasteiger partial charge on any atom is -0.392 e. The number of aliphatic hydroxyl groups excluding tert-OH is 1. The van der Waals surface area contributed by atoms with E-state index in [1.807, 2.05) is 6.92 Å². The Morgan fingerprint density at radius 3 is 2.52 bits per heavy atom. The summed E-state index contributed by atoms with van der Waals surface area (Å²) < 4.78 is 28.4. The summed E-state index contributed by atoms with van der Waals surface area (Å²) in [6.45, 7) is 4.24. The van der Waals surface area contributed by atoms with Crippen molar-refractivity contribution in [3.05, 3.63) is 27.7 Å². The summed E-state index contributed by atoms with van der Waals surface area (Å²) >= 11 is 3.35. The first-order valence-electron chi connectivity index (χ1n) is 7.17. The van der Waals surface area contributed by atoms with Crippen LogP contribution in [0.25, 0.3) is 0 Å². The van der Waals surface area contributed by atoms with Gasteiger partial charge in [-0.15, -0.1) is 0 Å².